The van der Waals surface area contributed by atoms with Crippen LogP contribution in [0.15, 0.2) is 66.0 Å². The quantitative estimate of drug-likeness (QED) is 0.403. The van der Waals surface area contributed by atoms with Crippen LogP contribution >= 0.6 is 11.8 Å². The van der Waals surface area contributed by atoms with Crippen LogP contribution < -0.4 is 0 Å². The molecule has 2 heterocycles. The molecule has 0 bridgehead atoms. The van der Waals surface area contributed by atoms with Crippen LogP contribution in [0.1, 0.15) is 12.8 Å². The fourth-order valence-corrected chi connectivity index (χ4v) is 3.94. The second-order valence-electron chi connectivity index (χ2n) is 5.92. The standard InChI is InChI=1S/C20H17N3O2S/c24-18(25)11-5-13-26-20-22-16-9-4-12-21-19(16)23(20)17-10-3-7-14-6-1-2-8-15(14)17/h1-4,6-10,12H,5,11,13H2,(H,24,25). The molecule has 4 rings (SSSR count). The van der Waals surface area contributed by atoms with Crippen LogP contribution in [0, 0.1) is 0 Å². The number of imidazole rings is 1. The molecule has 6 heteroatoms. The minimum absolute atomic E-state index is 0.166. The van der Waals surface area contributed by atoms with Crippen LogP contribution in [0.4, 0.5) is 0 Å². The summed E-state index contributed by atoms with van der Waals surface area (Å²) in [5, 5.41) is 12.0. The molecule has 0 unspecified atom stereocenters. The SMILES string of the molecule is O=C(O)CCCSc1nc2cccnc2n1-c1cccc2ccccc12. The van der Waals surface area contributed by atoms with E-state index in [2.05, 4.69) is 33.8 Å². The first-order valence-electron chi connectivity index (χ1n) is 8.40. The normalized spacial score (nSPS) is 11.2. The maximum Gasteiger partial charge on any atom is 0.303 e. The first-order chi connectivity index (χ1) is 12.7. The molecule has 5 nitrogen and oxygen atoms in total. The third-order valence-electron chi connectivity index (χ3n) is 4.16. The molecule has 0 saturated carbocycles. The highest BCUT2D eigenvalue weighted by Gasteiger charge is 2.15. The van der Waals surface area contributed by atoms with Crippen molar-refractivity contribution in [3.8, 4) is 5.69 Å². The van der Waals surface area contributed by atoms with Crippen LogP contribution in [0.25, 0.3) is 27.6 Å². The molecule has 0 radical (unpaired) electrons. The van der Waals surface area contributed by atoms with E-state index in [1.165, 1.54) is 0 Å². The molecule has 0 spiro atoms. The maximum atomic E-state index is 10.7. The Kier molecular flexibility index (Phi) is 4.58. The summed E-state index contributed by atoms with van der Waals surface area (Å²) < 4.78 is 2.07. The number of carboxylic acids is 1. The molecule has 1 N–H and O–H groups in total. The van der Waals surface area contributed by atoms with E-state index in [9.17, 15) is 4.79 Å². The van der Waals surface area contributed by atoms with Crippen molar-refractivity contribution in [2.45, 2.75) is 18.0 Å². The number of fused-ring (bicyclic) bond motifs is 2. The molecular formula is C20H17N3O2S. The van der Waals surface area contributed by atoms with E-state index in [1.807, 2.05) is 30.3 Å². The highest BCUT2D eigenvalue weighted by molar-refractivity contribution is 7.99. The Hall–Kier alpha value is -2.86. The van der Waals surface area contributed by atoms with E-state index in [-0.39, 0.29) is 6.42 Å². The van der Waals surface area contributed by atoms with Crippen LogP contribution in [-0.4, -0.2) is 31.4 Å². The highest BCUT2D eigenvalue weighted by Crippen LogP contribution is 2.31. The summed E-state index contributed by atoms with van der Waals surface area (Å²) >= 11 is 1.57. The van der Waals surface area contributed by atoms with Crippen molar-refractivity contribution in [1.82, 2.24) is 14.5 Å². The smallest absolute Gasteiger partial charge is 0.303 e. The van der Waals surface area contributed by atoms with Crippen LogP contribution in [0.2, 0.25) is 0 Å². The summed E-state index contributed by atoms with van der Waals surface area (Å²) in [5.74, 6) is -0.0739. The number of carbonyl (C=O) groups is 1. The average Bonchev–Trinajstić information content (AvgIpc) is 3.03. The number of pyridine rings is 1. The zero-order valence-electron chi connectivity index (χ0n) is 14.0. The zero-order valence-corrected chi connectivity index (χ0v) is 14.8. The Labute approximate surface area is 154 Å². The lowest BCUT2D eigenvalue weighted by Gasteiger charge is -2.11. The fourth-order valence-electron chi connectivity index (χ4n) is 3.00. The number of aromatic nitrogens is 3. The monoisotopic (exact) mass is 363 g/mol. The Morgan fingerprint density at radius 1 is 1.08 bits per heavy atom. The molecule has 2 aromatic carbocycles. The van der Waals surface area contributed by atoms with Crippen molar-refractivity contribution in [3.05, 3.63) is 60.8 Å². The van der Waals surface area contributed by atoms with E-state index < -0.39 is 5.97 Å². The minimum atomic E-state index is -0.769. The van der Waals surface area contributed by atoms with E-state index >= 15 is 0 Å². The summed E-state index contributed by atoms with van der Waals surface area (Å²) in [5.41, 5.74) is 2.68. The molecule has 0 aliphatic rings. The van der Waals surface area contributed by atoms with Crippen molar-refractivity contribution >= 4 is 39.7 Å². The number of aliphatic carboxylic acids is 1. The number of thioether (sulfide) groups is 1. The van der Waals surface area contributed by atoms with Gasteiger partial charge in [0.25, 0.3) is 0 Å². The molecule has 26 heavy (non-hydrogen) atoms. The van der Waals surface area contributed by atoms with Gasteiger partial charge in [0.15, 0.2) is 10.8 Å². The van der Waals surface area contributed by atoms with Crippen LogP contribution in [0.5, 0.6) is 0 Å². The highest BCUT2D eigenvalue weighted by atomic mass is 32.2. The number of rotatable bonds is 6. The number of hydrogen-bond acceptors (Lipinski definition) is 4. The van der Waals surface area contributed by atoms with Gasteiger partial charge in [-0.2, -0.15) is 0 Å². The summed E-state index contributed by atoms with van der Waals surface area (Å²) in [4.78, 5) is 20.0. The maximum absolute atomic E-state index is 10.7. The van der Waals surface area contributed by atoms with Crippen molar-refractivity contribution < 1.29 is 9.90 Å². The molecule has 0 amide bonds. The van der Waals surface area contributed by atoms with Crippen molar-refractivity contribution in [2.24, 2.45) is 0 Å². The van der Waals surface area contributed by atoms with Gasteiger partial charge in [-0.3, -0.25) is 9.36 Å². The lowest BCUT2D eigenvalue weighted by atomic mass is 10.1. The summed E-state index contributed by atoms with van der Waals surface area (Å²) in [7, 11) is 0. The van der Waals surface area contributed by atoms with Gasteiger partial charge >= 0.3 is 5.97 Å². The van der Waals surface area contributed by atoms with Crippen molar-refractivity contribution in [1.29, 1.82) is 0 Å². The Morgan fingerprint density at radius 3 is 2.81 bits per heavy atom. The number of hydrogen-bond donors (Lipinski definition) is 1. The molecule has 0 atom stereocenters. The molecule has 0 fully saturated rings. The molecular weight excluding hydrogens is 346 g/mol. The van der Waals surface area contributed by atoms with Gasteiger partial charge in [0.05, 0.1) is 5.69 Å². The van der Waals surface area contributed by atoms with Gasteiger partial charge in [0, 0.05) is 23.8 Å². The molecule has 0 saturated heterocycles. The van der Waals surface area contributed by atoms with Gasteiger partial charge in [-0.25, -0.2) is 9.97 Å². The first kappa shape index (κ1) is 16.6. The van der Waals surface area contributed by atoms with Crippen LogP contribution in [-0.2, 0) is 4.79 Å². The topological polar surface area (TPSA) is 68.0 Å². The average molecular weight is 363 g/mol. The molecule has 4 aromatic rings. The van der Waals surface area contributed by atoms with E-state index in [0.29, 0.717) is 12.2 Å². The predicted octanol–water partition coefficient (Wildman–Crippen LogP) is 4.53. The van der Waals surface area contributed by atoms with E-state index in [4.69, 9.17) is 10.1 Å². The van der Waals surface area contributed by atoms with Gasteiger partial charge in [-0.15, -0.1) is 0 Å². The lowest BCUT2D eigenvalue weighted by Crippen LogP contribution is -2.00. The zero-order chi connectivity index (χ0) is 17.9. The molecule has 0 aliphatic carbocycles. The van der Waals surface area contributed by atoms with Gasteiger partial charge < -0.3 is 5.11 Å². The largest absolute Gasteiger partial charge is 0.481 e. The van der Waals surface area contributed by atoms with Crippen LogP contribution in [0.3, 0.4) is 0 Å². The predicted molar refractivity (Wildman–Crippen MR) is 104 cm³/mol. The van der Waals surface area contributed by atoms with E-state index in [0.717, 1.165) is 32.8 Å². The summed E-state index contributed by atoms with van der Waals surface area (Å²) in [6.45, 7) is 0. The number of benzene rings is 2. The fraction of sp³-hybridized carbons (Fsp3) is 0.150. The second kappa shape index (κ2) is 7.17. The summed E-state index contributed by atoms with van der Waals surface area (Å²) in [6.07, 6.45) is 2.54. The van der Waals surface area contributed by atoms with Gasteiger partial charge in [0.1, 0.15) is 5.52 Å². The molecule has 130 valence electrons. The molecule has 2 aromatic heterocycles. The van der Waals surface area contributed by atoms with E-state index in [1.54, 1.807) is 18.0 Å². The second-order valence-corrected chi connectivity index (χ2v) is 6.98. The van der Waals surface area contributed by atoms with Gasteiger partial charge in [-0.1, -0.05) is 48.2 Å². The third-order valence-corrected chi connectivity index (χ3v) is 5.18. The Balaban J connectivity index is 1.82. The van der Waals surface area contributed by atoms with Gasteiger partial charge in [-0.05, 0) is 30.0 Å². The minimum Gasteiger partial charge on any atom is -0.481 e. The summed E-state index contributed by atoms with van der Waals surface area (Å²) in [6, 6.07) is 18.3. The number of carboxylic acid groups (broad SMARTS) is 1. The van der Waals surface area contributed by atoms with Crippen molar-refractivity contribution in [2.75, 3.05) is 5.75 Å². The molecule has 0 aliphatic heterocycles. The number of nitrogens with zero attached hydrogens (tertiary/aromatic N) is 3. The van der Waals surface area contributed by atoms with Gasteiger partial charge in [0.2, 0.25) is 0 Å². The Bertz CT molecular complexity index is 1090. The first-order valence-corrected chi connectivity index (χ1v) is 9.39. The van der Waals surface area contributed by atoms with Crippen molar-refractivity contribution in [3.63, 3.8) is 0 Å². The Morgan fingerprint density at radius 2 is 1.92 bits per heavy atom. The third kappa shape index (κ3) is 3.15. The lowest BCUT2D eigenvalue weighted by molar-refractivity contribution is -0.137.